The van der Waals surface area contributed by atoms with Crippen molar-refractivity contribution in [2.75, 3.05) is 11.9 Å². The molecule has 1 aromatic carbocycles. The predicted molar refractivity (Wildman–Crippen MR) is 111 cm³/mol. The topological polar surface area (TPSA) is 75.4 Å². The number of carbonyl (C=O) groups excluding carboxylic acids is 2. The van der Waals surface area contributed by atoms with Crippen LogP contribution in [0.1, 0.15) is 69.2 Å². The summed E-state index contributed by atoms with van der Waals surface area (Å²) in [5, 5.41) is 2.98. The molecule has 1 saturated carbocycles. The van der Waals surface area contributed by atoms with Crippen LogP contribution >= 0.6 is 12.4 Å². The van der Waals surface area contributed by atoms with Crippen LogP contribution in [0, 0.1) is 5.92 Å². The molecule has 3 unspecified atom stereocenters. The number of rotatable bonds is 3. The summed E-state index contributed by atoms with van der Waals surface area (Å²) in [5.41, 5.74) is 7.28. The van der Waals surface area contributed by atoms with Crippen molar-refractivity contribution in [2.45, 2.75) is 70.4 Å². The van der Waals surface area contributed by atoms with Crippen molar-refractivity contribution in [1.29, 1.82) is 0 Å². The average Bonchev–Trinajstić information content (AvgIpc) is 2.61. The third-order valence-corrected chi connectivity index (χ3v) is 6.03. The summed E-state index contributed by atoms with van der Waals surface area (Å²) >= 11 is 0. The molecule has 6 heteroatoms. The van der Waals surface area contributed by atoms with Gasteiger partial charge in [-0.2, -0.15) is 0 Å². The number of benzene rings is 1. The molecule has 3 N–H and O–H groups in total. The van der Waals surface area contributed by atoms with Crippen molar-refractivity contribution in [3.8, 4) is 0 Å². The molecule has 5 nitrogen and oxygen atoms in total. The van der Waals surface area contributed by atoms with E-state index in [1.165, 1.54) is 6.42 Å². The molecule has 27 heavy (non-hydrogen) atoms. The lowest BCUT2D eigenvalue weighted by molar-refractivity contribution is -0.122. The van der Waals surface area contributed by atoms with Crippen molar-refractivity contribution >= 4 is 29.9 Å². The van der Waals surface area contributed by atoms with Gasteiger partial charge in [0.2, 0.25) is 5.91 Å². The Labute approximate surface area is 168 Å². The van der Waals surface area contributed by atoms with Crippen LogP contribution in [0.25, 0.3) is 0 Å². The van der Waals surface area contributed by atoms with Crippen molar-refractivity contribution in [2.24, 2.45) is 11.7 Å². The van der Waals surface area contributed by atoms with Gasteiger partial charge in [-0.3, -0.25) is 9.59 Å². The molecular weight excluding hydrogens is 362 g/mol. The third kappa shape index (κ3) is 5.02. The molecule has 1 saturated heterocycles. The number of piperidine rings is 1. The normalized spacial score (nSPS) is 28.2. The molecule has 3 atom stereocenters. The third-order valence-electron chi connectivity index (χ3n) is 6.03. The zero-order chi connectivity index (χ0) is 18.7. The summed E-state index contributed by atoms with van der Waals surface area (Å²) in [5.74, 6) is -0.0953. The number of nitrogens with two attached hydrogens (primary N) is 1. The first-order valence-corrected chi connectivity index (χ1v) is 9.89. The molecule has 1 aliphatic carbocycles. The summed E-state index contributed by atoms with van der Waals surface area (Å²) in [6, 6.07) is 7.54. The number of amides is 2. The SMILES string of the molecule is CC1CCCCN1C(=O)c1ccc(NC(=O)C2CCCCC2(C)N)cc1.Cl. The molecule has 2 fully saturated rings. The number of carbonyl (C=O) groups is 2. The highest BCUT2D eigenvalue weighted by molar-refractivity contribution is 5.96. The Kier molecular flexibility index (Phi) is 7.29. The Bertz CT molecular complexity index is 660. The molecular formula is C21H32ClN3O2. The van der Waals surface area contributed by atoms with E-state index in [9.17, 15) is 9.59 Å². The lowest BCUT2D eigenvalue weighted by Crippen LogP contribution is -2.51. The Hall–Kier alpha value is -1.59. The Morgan fingerprint density at radius 3 is 2.41 bits per heavy atom. The van der Waals surface area contributed by atoms with E-state index in [0.717, 1.165) is 50.8 Å². The fourth-order valence-electron chi connectivity index (χ4n) is 4.28. The quantitative estimate of drug-likeness (QED) is 0.815. The Balaban J connectivity index is 0.00000261. The van der Waals surface area contributed by atoms with Gasteiger partial charge in [-0.05, 0) is 70.2 Å². The zero-order valence-corrected chi connectivity index (χ0v) is 17.2. The van der Waals surface area contributed by atoms with E-state index < -0.39 is 5.54 Å². The Morgan fingerprint density at radius 2 is 1.78 bits per heavy atom. The van der Waals surface area contributed by atoms with Gasteiger partial charge in [0.25, 0.3) is 5.91 Å². The Morgan fingerprint density at radius 1 is 1.11 bits per heavy atom. The van der Waals surface area contributed by atoms with E-state index >= 15 is 0 Å². The molecule has 3 rings (SSSR count). The molecule has 1 aliphatic heterocycles. The fourth-order valence-corrected chi connectivity index (χ4v) is 4.28. The molecule has 0 spiro atoms. The van der Waals surface area contributed by atoms with Crippen molar-refractivity contribution in [3.63, 3.8) is 0 Å². The smallest absolute Gasteiger partial charge is 0.254 e. The first-order chi connectivity index (χ1) is 12.4. The highest BCUT2D eigenvalue weighted by atomic mass is 35.5. The van der Waals surface area contributed by atoms with Gasteiger partial charge in [0.1, 0.15) is 0 Å². The van der Waals surface area contributed by atoms with Gasteiger partial charge in [0.15, 0.2) is 0 Å². The highest BCUT2D eigenvalue weighted by Gasteiger charge is 2.37. The minimum atomic E-state index is -0.442. The summed E-state index contributed by atoms with van der Waals surface area (Å²) in [4.78, 5) is 27.3. The van der Waals surface area contributed by atoms with Gasteiger partial charge < -0.3 is 16.0 Å². The van der Waals surface area contributed by atoms with Crippen molar-refractivity contribution < 1.29 is 9.59 Å². The minimum absolute atomic E-state index is 0. The highest BCUT2D eigenvalue weighted by Crippen LogP contribution is 2.32. The van der Waals surface area contributed by atoms with Crippen LogP contribution in [0.3, 0.4) is 0 Å². The van der Waals surface area contributed by atoms with Crippen LogP contribution in [-0.2, 0) is 4.79 Å². The summed E-state index contributed by atoms with van der Waals surface area (Å²) < 4.78 is 0. The first-order valence-electron chi connectivity index (χ1n) is 9.89. The largest absolute Gasteiger partial charge is 0.336 e. The average molecular weight is 394 g/mol. The van der Waals surface area contributed by atoms with E-state index in [1.807, 2.05) is 36.1 Å². The maximum atomic E-state index is 12.7. The maximum absolute atomic E-state index is 12.7. The second-order valence-corrected chi connectivity index (χ2v) is 8.21. The second-order valence-electron chi connectivity index (χ2n) is 8.21. The number of halogens is 1. The van der Waals surface area contributed by atoms with Crippen molar-refractivity contribution in [1.82, 2.24) is 4.90 Å². The van der Waals surface area contributed by atoms with Gasteiger partial charge in [-0.15, -0.1) is 12.4 Å². The second kappa shape index (κ2) is 9.07. The van der Waals surface area contributed by atoms with E-state index in [0.29, 0.717) is 11.6 Å². The number of likely N-dealkylation sites (tertiary alicyclic amines) is 1. The molecule has 0 aromatic heterocycles. The van der Waals surface area contributed by atoms with Crippen LogP contribution in [0.5, 0.6) is 0 Å². The van der Waals surface area contributed by atoms with Gasteiger partial charge in [-0.1, -0.05) is 12.8 Å². The van der Waals surface area contributed by atoms with Gasteiger partial charge >= 0.3 is 0 Å². The number of nitrogens with zero attached hydrogens (tertiary/aromatic N) is 1. The van der Waals surface area contributed by atoms with E-state index in [-0.39, 0.29) is 30.1 Å². The first kappa shape index (κ1) is 21.7. The van der Waals surface area contributed by atoms with Crippen LogP contribution in [0.2, 0.25) is 0 Å². The molecule has 0 bridgehead atoms. The molecule has 2 aliphatic rings. The summed E-state index contributed by atoms with van der Waals surface area (Å²) in [7, 11) is 0. The van der Waals surface area contributed by atoms with E-state index in [1.54, 1.807) is 0 Å². The molecule has 150 valence electrons. The van der Waals surface area contributed by atoms with Crippen LogP contribution in [0.4, 0.5) is 5.69 Å². The van der Waals surface area contributed by atoms with E-state index in [4.69, 9.17) is 5.73 Å². The number of hydrogen-bond donors (Lipinski definition) is 2. The predicted octanol–water partition coefficient (Wildman–Crippen LogP) is 3.97. The van der Waals surface area contributed by atoms with Crippen LogP contribution in [-0.4, -0.2) is 34.8 Å². The number of hydrogen-bond acceptors (Lipinski definition) is 3. The van der Waals surface area contributed by atoms with Crippen LogP contribution in [0.15, 0.2) is 24.3 Å². The zero-order valence-electron chi connectivity index (χ0n) is 16.4. The lowest BCUT2D eigenvalue weighted by Gasteiger charge is -2.37. The molecule has 0 radical (unpaired) electrons. The molecule has 2 amide bonds. The minimum Gasteiger partial charge on any atom is -0.336 e. The van der Waals surface area contributed by atoms with E-state index in [2.05, 4.69) is 12.2 Å². The fraction of sp³-hybridized carbons (Fsp3) is 0.619. The summed E-state index contributed by atoms with van der Waals surface area (Å²) in [6.45, 7) is 4.91. The molecule has 1 aromatic rings. The molecule has 1 heterocycles. The van der Waals surface area contributed by atoms with Gasteiger partial charge in [-0.25, -0.2) is 0 Å². The monoisotopic (exact) mass is 393 g/mol. The number of nitrogens with one attached hydrogen (secondary N) is 1. The van der Waals surface area contributed by atoms with Gasteiger partial charge in [0, 0.05) is 29.4 Å². The van der Waals surface area contributed by atoms with Crippen LogP contribution < -0.4 is 11.1 Å². The standard InChI is InChI=1S/C21H31N3O2.ClH/c1-15-7-4-6-14-24(15)20(26)16-9-11-17(12-10-16)23-19(25)18-8-3-5-13-21(18,2)22;/h9-12,15,18H,3-8,13-14,22H2,1-2H3,(H,23,25);1H. The van der Waals surface area contributed by atoms with Gasteiger partial charge in [0.05, 0.1) is 5.92 Å². The maximum Gasteiger partial charge on any atom is 0.254 e. The number of anilines is 1. The van der Waals surface area contributed by atoms with Crippen molar-refractivity contribution in [3.05, 3.63) is 29.8 Å². The lowest BCUT2D eigenvalue weighted by atomic mass is 9.74. The summed E-state index contributed by atoms with van der Waals surface area (Å²) in [6.07, 6.45) is 7.18.